The molecule has 0 saturated carbocycles. The van der Waals surface area contributed by atoms with Crippen molar-refractivity contribution in [3.8, 4) is 0 Å². The Bertz CT molecular complexity index is 561. The molecule has 19 heavy (non-hydrogen) atoms. The summed E-state index contributed by atoms with van der Waals surface area (Å²) in [4.78, 5) is 12.2. The summed E-state index contributed by atoms with van der Waals surface area (Å²) < 4.78 is 0. The molecule has 0 atom stereocenters. The number of benzene rings is 2. The molecule has 0 aromatic heterocycles. The van der Waals surface area contributed by atoms with Crippen molar-refractivity contribution in [3.63, 3.8) is 0 Å². The van der Waals surface area contributed by atoms with Crippen LogP contribution < -0.4 is 10.6 Å². The van der Waals surface area contributed by atoms with Gasteiger partial charge < -0.3 is 10.6 Å². The minimum atomic E-state index is -0.103. The molecule has 0 aliphatic carbocycles. The van der Waals surface area contributed by atoms with E-state index in [0.717, 1.165) is 17.8 Å². The van der Waals surface area contributed by atoms with Crippen LogP contribution in [-0.2, 0) is 6.42 Å². The highest BCUT2D eigenvalue weighted by molar-refractivity contribution is 6.08. The van der Waals surface area contributed by atoms with Gasteiger partial charge in [0.2, 0.25) is 0 Å². The van der Waals surface area contributed by atoms with E-state index in [1.165, 1.54) is 5.56 Å². The Balaban J connectivity index is 2.16. The Morgan fingerprint density at radius 1 is 1.05 bits per heavy atom. The minimum Gasteiger partial charge on any atom is -0.387 e. The van der Waals surface area contributed by atoms with Gasteiger partial charge in [0, 0.05) is 18.4 Å². The fourth-order valence-electron chi connectivity index (χ4n) is 1.92. The monoisotopic (exact) mass is 254 g/mol. The van der Waals surface area contributed by atoms with Crippen LogP contribution in [0.15, 0.2) is 48.5 Å². The van der Waals surface area contributed by atoms with Gasteiger partial charge in [-0.2, -0.15) is 0 Å². The molecule has 0 bridgehead atoms. The van der Waals surface area contributed by atoms with E-state index in [9.17, 15) is 4.79 Å². The number of hydrogen-bond acceptors (Lipinski definition) is 2. The maximum atomic E-state index is 12.2. The Hall–Kier alpha value is -2.29. The molecular formula is C16H18N2O. The van der Waals surface area contributed by atoms with E-state index < -0.39 is 0 Å². The predicted octanol–water partition coefficient (Wildman–Crippen LogP) is 3.54. The first kappa shape index (κ1) is 13.1. The van der Waals surface area contributed by atoms with Gasteiger partial charge in [-0.1, -0.05) is 31.2 Å². The second-order valence-electron chi connectivity index (χ2n) is 4.30. The van der Waals surface area contributed by atoms with Crippen molar-refractivity contribution in [2.24, 2.45) is 0 Å². The second-order valence-corrected chi connectivity index (χ2v) is 4.30. The first-order valence-electron chi connectivity index (χ1n) is 6.41. The van der Waals surface area contributed by atoms with E-state index in [-0.39, 0.29) is 5.91 Å². The van der Waals surface area contributed by atoms with Crippen molar-refractivity contribution in [3.05, 3.63) is 59.7 Å². The van der Waals surface area contributed by atoms with Crippen molar-refractivity contribution in [1.29, 1.82) is 0 Å². The number of amides is 1. The lowest BCUT2D eigenvalue weighted by Crippen LogP contribution is -2.13. The normalized spacial score (nSPS) is 10.0. The molecule has 0 spiro atoms. The lowest BCUT2D eigenvalue weighted by molar-refractivity contribution is 0.102. The fraction of sp³-hybridized carbons (Fsp3) is 0.188. The van der Waals surface area contributed by atoms with Gasteiger partial charge in [-0.25, -0.2) is 0 Å². The van der Waals surface area contributed by atoms with Gasteiger partial charge in [0.1, 0.15) is 0 Å². The molecule has 3 heteroatoms. The number of para-hydroxylation sites is 1. The second kappa shape index (κ2) is 6.05. The van der Waals surface area contributed by atoms with E-state index in [0.29, 0.717) is 5.56 Å². The third kappa shape index (κ3) is 3.13. The van der Waals surface area contributed by atoms with E-state index in [4.69, 9.17) is 0 Å². The van der Waals surface area contributed by atoms with Crippen LogP contribution in [0.1, 0.15) is 22.8 Å². The van der Waals surface area contributed by atoms with Gasteiger partial charge in [0.15, 0.2) is 0 Å². The van der Waals surface area contributed by atoms with Crippen LogP contribution in [0.4, 0.5) is 11.4 Å². The van der Waals surface area contributed by atoms with Crippen LogP contribution in [0, 0.1) is 0 Å². The van der Waals surface area contributed by atoms with Crippen LogP contribution in [0.2, 0.25) is 0 Å². The number of carbonyl (C=O) groups excluding carboxylic acids is 1. The van der Waals surface area contributed by atoms with Gasteiger partial charge in [-0.3, -0.25) is 4.79 Å². The summed E-state index contributed by atoms with van der Waals surface area (Å²) in [5.41, 5.74) is 3.54. The molecule has 2 N–H and O–H groups in total. The number of anilines is 2. The van der Waals surface area contributed by atoms with Crippen LogP contribution in [0.25, 0.3) is 0 Å². The van der Waals surface area contributed by atoms with Gasteiger partial charge >= 0.3 is 0 Å². The van der Waals surface area contributed by atoms with Crippen LogP contribution >= 0.6 is 0 Å². The summed E-state index contributed by atoms with van der Waals surface area (Å²) in [5.74, 6) is -0.103. The van der Waals surface area contributed by atoms with Gasteiger partial charge in [-0.15, -0.1) is 0 Å². The zero-order valence-corrected chi connectivity index (χ0v) is 11.2. The molecule has 2 rings (SSSR count). The Morgan fingerprint density at radius 2 is 1.74 bits per heavy atom. The SMILES string of the molecule is CCc1ccc(NC(=O)c2ccccc2NC)cc1. The molecule has 0 saturated heterocycles. The number of aryl methyl sites for hydroxylation is 1. The van der Waals surface area contributed by atoms with Crippen LogP contribution in [-0.4, -0.2) is 13.0 Å². The van der Waals surface area contributed by atoms with E-state index in [1.807, 2.05) is 55.6 Å². The minimum absolute atomic E-state index is 0.103. The van der Waals surface area contributed by atoms with Crippen molar-refractivity contribution < 1.29 is 4.79 Å². The molecule has 2 aromatic carbocycles. The fourth-order valence-corrected chi connectivity index (χ4v) is 1.92. The molecule has 1 amide bonds. The molecule has 0 aliphatic rings. The molecular weight excluding hydrogens is 236 g/mol. The average Bonchev–Trinajstić information content (AvgIpc) is 2.48. The van der Waals surface area contributed by atoms with E-state index in [1.54, 1.807) is 0 Å². The van der Waals surface area contributed by atoms with Gasteiger partial charge in [0.05, 0.1) is 5.56 Å². The molecule has 0 heterocycles. The first-order chi connectivity index (χ1) is 9.24. The lowest BCUT2D eigenvalue weighted by Gasteiger charge is -2.10. The van der Waals surface area contributed by atoms with E-state index in [2.05, 4.69) is 17.6 Å². The van der Waals surface area contributed by atoms with Crippen LogP contribution in [0.5, 0.6) is 0 Å². The largest absolute Gasteiger partial charge is 0.387 e. The van der Waals surface area contributed by atoms with Crippen molar-refractivity contribution >= 4 is 17.3 Å². The molecule has 0 aliphatic heterocycles. The van der Waals surface area contributed by atoms with Crippen molar-refractivity contribution in [2.45, 2.75) is 13.3 Å². The summed E-state index contributed by atoms with van der Waals surface area (Å²) in [5, 5.41) is 5.92. The smallest absolute Gasteiger partial charge is 0.257 e. The highest BCUT2D eigenvalue weighted by Gasteiger charge is 2.09. The number of carbonyl (C=O) groups is 1. The quantitative estimate of drug-likeness (QED) is 0.876. The Morgan fingerprint density at radius 3 is 2.37 bits per heavy atom. The maximum Gasteiger partial charge on any atom is 0.257 e. The van der Waals surface area contributed by atoms with Gasteiger partial charge in [0.25, 0.3) is 5.91 Å². The molecule has 98 valence electrons. The Kier molecular flexibility index (Phi) is 4.18. The zero-order valence-electron chi connectivity index (χ0n) is 11.2. The Labute approximate surface area is 113 Å². The first-order valence-corrected chi connectivity index (χ1v) is 6.41. The molecule has 0 fully saturated rings. The topological polar surface area (TPSA) is 41.1 Å². The third-order valence-electron chi connectivity index (χ3n) is 3.06. The molecule has 2 aromatic rings. The summed E-state index contributed by atoms with van der Waals surface area (Å²) >= 11 is 0. The molecule has 0 radical (unpaired) electrons. The average molecular weight is 254 g/mol. The highest BCUT2D eigenvalue weighted by Crippen LogP contribution is 2.17. The number of hydrogen-bond donors (Lipinski definition) is 2. The van der Waals surface area contributed by atoms with Gasteiger partial charge in [-0.05, 0) is 36.2 Å². The lowest BCUT2D eigenvalue weighted by atomic mass is 10.1. The summed E-state index contributed by atoms with van der Waals surface area (Å²) in [6, 6.07) is 15.4. The predicted molar refractivity (Wildman–Crippen MR) is 79.8 cm³/mol. The summed E-state index contributed by atoms with van der Waals surface area (Å²) in [6.07, 6.45) is 0.997. The molecule has 0 unspecified atom stereocenters. The summed E-state index contributed by atoms with van der Waals surface area (Å²) in [6.45, 7) is 2.11. The number of rotatable bonds is 4. The zero-order chi connectivity index (χ0) is 13.7. The number of nitrogens with one attached hydrogen (secondary N) is 2. The summed E-state index contributed by atoms with van der Waals surface area (Å²) in [7, 11) is 1.81. The molecule has 3 nitrogen and oxygen atoms in total. The maximum absolute atomic E-state index is 12.2. The van der Waals surface area contributed by atoms with Crippen molar-refractivity contribution in [2.75, 3.05) is 17.7 Å². The standard InChI is InChI=1S/C16H18N2O/c1-3-12-8-10-13(11-9-12)18-16(19)14-6-4-5-7-15(14)17-2/h4-11,17H,3H2,1-2H3,(H,18,19). The van der Waals surface area contributed by atoms with E-state index >= 15 is 0 Å². The highest BCUT2D eigenvalue weighted by atomic mass is 16.1. The third-order valence-corrected chi connectivity index (χ3v) is 3.06. The van der Waals surface area contributed by atoms with Crippen molar-refractivity contribution in [1.82, 2.24) is 0 Å². The van der Waals surface area contributed by atoms with Crippen LogP contribution in [0.3, 0.4) is 0 Å².